The molecule has 2 aromatic rings. The number of hydrogen-bond donors (Lipinski definition) is 0. The molecule has 3 rings (SSSR count). The van der Waals surface area contributed by atoms with Gasteiger partial charge in [-0.25, -0.2) is 4.98 Å². The first kappa shape index (κ1) is 14.1. The van der Waals surface area contributed by atoms with E-state index in [9.17, 15) is 4.79 Å². The lowest BCUT2D eigenvalue weighted by Gasteiger charge is -2.31. The number of pyridine rings is 1. The van der Waals surface area contributed by atoms with Gasteiger partial charge < -0.3 is 4.90 Å². The van der Waals surface area contributed by atoms with Gasteiger partial charge in [-0.15, -0.1) is 0 Å². The number of aromatic nitrogens is 1. The summed E-state index contributed by atoms with van der Waals surface area (Å²) in [6, 6.07) is 10.5. The van der Waals surface area contributed by atoms with Gasteiger partial charge in [0.25, 0.3) is 0 Å². The Bertz CT molecular complexity index is 638. The average Bonchev–Trinajstić information content (AvgIpc) is 2.78. The predicted octanol–water partition coefficient (Wildman–Crippen LogP) is 4.21. The number of hydrogen-bond acceptors (Lipinski definition) is 3. The Kier molecular flexibility index (Phi) is 4.18. The maximum atomic E-state index is 11.5. The third kappa shape index (κ3) is 2.78. The predicted molar refractivity (Wildman–Crippen MR) is 87.0 cm³/mol. The molecule has 1 aliphatic heterocycles. The van der Waals surface area contributed by atoms with E-state index in [1.54, 1.807) is 0 Å². The Morgan fingerprint density at radius 1 is 1.29 bits per heavy atom. The summed E-state index contributed by atoms with van der Waals surface area (Å²) in [5, 5.41) is 1.03. The lowest BCUT2D eigenvalue weighted by atomic mass is 10.1. The SMILES string of the molecule is CCC1CCCCCN1c1nc2ccccc2cc1C=O. The first-order chi connectivity index (χ1) is 10.3. The summed E-state index contributed by atoms with van der Waals surface area (Å²) >= 11 is 0. The van der Waals surface area contributed by atoms with Gasteiger partial charge in [-0.05, 0) is 31.4 Å². The van der Waals surface area contributed by atoms with Crippen molar-refractivity contribution in [2.24, 2.45) is 0 Å². The fraction of sp³-hybridized carbons (Fsp3) is 0.444. The minimum absolute atomic E-state index is 0.500. The highest BCUT2D eigenvalue weighted by molar-refractivity contribution is 5.91. The van der Waals surface area contributed by atoms with Crippen molar-refractivity contribution in [3.8, 4) is 0 Å². The number of fused-ring (bicyclic) bond motifs is 1. The van der Waals surface area contributed by atoms with Gasteiger partial charge in [-0.1, -0.05) is 38.0 Å². The first-order valence-electron chi connectivity index (χ1n) is 7.95. The third-order valence-corrected chi connectivity index (χ3v) is 4.48. The fourth-order valence-electron chi connectivity index (χ4n) is 3.32. The highest BCUT2D eigenvalue weighted by atomic mass is 16.1. The quantitative estimate of drug-likeness (QED) is 0.791. The number of carbonyl (C=O) groups excluding carboxylic acids is 1. The number of aldehydes is 1. The summed E-state index contributed by atoms with van der Waals surface area (Å²) in [6.45, 7) is 3.23. The van der Waals surface area contributed by atoms with Crippen LogP contribution >= 0.6 is 0 Å². The molecule has 1 saturated heterocycles. The van der Waals surface area contributed by atoms with Gasteiger partial charge in [0.1, 0.15) is 5.82 Å². The third-order valence-electron chi connectivity index (χ3n) is 4.48. The fourth-order valence-corrected chi connectivity index (χ4v) is 3.32. The monoisotopic (exact) mass is 282 g/mol. The van der Waals surface area contributed by atoms with Crippen molar-refractivity contribution in [2.75, 3.05) is 11.4 Å². The Labute approximate surface area is 126 Å². The van der Waals surface area contributed by atoms with E-state index in [0.717, 1.165) is 36.0 Å². The lowest BCUT2D eigenvalue weighted by Crippen LogP contribution is -2.35. The molecule has 0 saturated carbocycles. The van der Waals surface area contributed by atoms with Gasteiger partial charge >= 0.3 is 0 Å². The van der Waals surface area contributed by atoms with E-state index in [1.807, 2.05) is 30.3 Å². The molecule has 1 fully saturated rings. The first-order valence-corrected chi connectivity index (χ1v) is 7.95. The van der Waals surface area contributed by atoms with Crippen molar-refractivity contribution in [1.82, 2.24) is 4.98 Å². The zero-order valence-electron chi connectivity index (χ0n) is 12.6. The molecular weight excluding hydrogens is 260 g/mol. The molecule has 1 aliphatic rings. The van der Waals surface area contributed by atoms with Crippen LogP contribution in [0.2, 0.25) is 0 Å². The number of nitrogens with zero attached hydrogens (tertiary/aromatic N) is 2. The van der Waals surface area contributed by atoms with Crippen LogP contribution in [0.3, 0.4) is 0 Å². The molecule has 0 spiro atoms. The second-order valence-electron chi connectivity index (χ2n) is 5.82. The summed E-state index contributed by atoms with van der Waals surface area (Å²) in [4.78, 5) is 18.7. The Morgan fingerprint density at radius 2 is 2.14 bits per heavy atom. The van der Waals surface area contributed by atoms with E-state index >= 15 is 0 Å². The molecule has 110 valence electrons. The molecular formula is C18H22N2O. The molecule has 2 heterocycles. The van der Waals surface area contributed by atoms with E-state index in [2.05, 4.69) is 11.8 Å². The van der Waals surface area contributed by atoms with Crippen LogP contribution in [0.15, 0.2) is 30.3 Å². The van der Waals surface area contributed by atoms with Crippen molar-refractivity contribution < 1.29 is 4.79 Å². The maximum absolute atomic E-state index is 11.5. The molecule has 0 N–H and O–H groups in total. The van der Waals surface area contributed by atoms with Crippen LogP contribution in [0, 0.1) is 0 Å². The number of para-hydroxylation sites is 1. The summed E-state index contributed by atoms with van der Waals surface area (Å²) < 4.78 is 0. The molecule has 21 heavy (non-hydrogen) atoms. The van der Waals surface area contributed by atoms with Crippen LogP contribution in [0.4, 0.5) is 5.82 Å². The molecule has 0 radical (unpaired) electrons. The molecule has 1 unspecified atom stereocenters. The van der Waals surface area contributed by atoms with Crippen molar-refractivity contribution >= 4 is 23.0 Å². The molecule has 1 atom stereocenters. The summed E-state index contributed by atoms with van der Waals surface area (Å²) in [6.07, 6.45) is 6.99. The standard InChI is InChI=1S/C18H22N2O/c1-2-16-9-4-3-7-11-20(16)18-15(13-21)12-14-8-5-6-10-17(14)19-18/h5-6,8,10,12-13,16H,2-4,7,9,11H2,1H3. The van der Waals surface area contributed by atoms with Crippen LogP contribution < -0.4 is 4.90 Å². The van der Waals surface area contributed by atoms with Gasteiger partial charge in [-0.2, -0.15) is 0 Å². The van der Waals surface area contributed by atoms with Crippen molar-refractivity contribution in [3.05, 3.63) is 35.9 Å². The van der Waals surface area contributed by atoms with E-state index in [0.29, 0.717) is 11.6 Å². The second kappa shape index (κ2) is 6.25. The summed E-state index contributed by atoms with van der Waals surface area (Å²) in [7, 11) is 0. The highest BCUT2D eigenvalue weighted by Gasteiger charge is 2.23. The lowest BCUT2D eigenvalue weighted by molar-refractivity contribution is 0.112. The normalized spacial score (nSPS) is 19.5. The Morgan fingerprint density at radius 3 is 2.95 bits per heavy atom. The van der Waals surface area contributed by atoms with Crippen LogP contribution in [0.25, 0.3) is 10.9 Å². The number of anilines is 1. The highest BCUT2D eigenvalue weighted by Crippen LogP contribution is 2.28. The molecule has 0 bridgehead atoms. The molecule has 3 nitrogen and oxygen atoms in total. The Balaban J connectivity index is 2.09. The number of benzene rings is 1. The van der Waals surface area contributed by atoms with Gasteiger partial charge in [0, 0.05) is 18.0 Å². The molecule has 1 aromatic heterocycles. The van der Waals surface area contributed by atoms with E-state index in [1.165, 1.54) is 25.7 Å². The van der Waals surface area contributed by atoms with Gasteiger partial charge in [0.05, 0.1) is 11.1 Å². The largest absolute Gasteiger partial charge is 0.353 e. The minimum Gasteiger partial charge on any atom is -0.353 e. The molecule has 3 heteroatoms. The van der Waals surface area contributed by atoms with Crippen molar-refractivity contribution in [2.45, 2.75) is 45.1 Å². The Hall–Kier alpha value is -1.90. The second-order valence-corrected chi connectivity index (χ2v) is 5.82. The zero-order valence-corrected chi connectivity index (χ0v) is 12.6. The van der Waals surface area contributed by atoms with Gasteiger partial charge in [0.15, 0.2) is 6.29 Å². The summed E-state index contributed by atoms with van der Waals surface area (Å²) in [5.41, 5.74) is 1.69. The smallest absolute Gasteiger partial charge is 0.153 e. The molecule has 0 aliphatic carbocycles. The van der Waals surface area contributed by atoms with Crippen LogP contribution in [-0.2, 0) is 0 Å². The topological polar surface area (TPSA) is 33.2 Å². The maximum Gasteiger partial charge on any atom is 0.153 e. The minimum atomic E-state index is 0.500. The van der Waals surface area contributed by atoms with E-state index in [-0.39, 0.29) is 0 Å². The van der Waals surface area contributed by atoms with Crippen LogP contribution in [0.1, 0.15) is 49.4 Å². The van der Waals surface area contributed by atoms with Crippen LogP contribution in [-0.4, -0.2) is 23.9 Å². The van der Waals surface area contributed by atoms with Crippen molar-refractivity contribution in [3.63, 3.8) is 0 Å². The molecule has 1 aromatic carbocycles. The van der Waals surface area contributed by atoms with Crippen LogP contribution in [0.5, 0.6) is 0 Å². The average molecular weight is 282 g/mol. The zero-order chi connectivity index (χ0) is 14.7. The van der Waals surface area contributed by atoms with Gasteiger partial charge in [-0.3, -0.25) is 4.79 Å². The molecule has 0 amide bonds. The van der Waals surface area contributed by atoms with Gasteiger partial charge in [0.2, 0.25) is 0 Å². The van der Waals surface area contributed by atoms with E-state index in [4.69, 9.17) is 4.98 Å². The van der Waals surface area contributed by atoms with E-state index < -0.39 is 0 Å². The number of carbonyl (C=O) groups is 1. The van der Waals surface area contributed by atoms with Crippen molar-refractivity contribution in [1.29, 1.82) is 0 Å². The summed E-state index contributed by atoms with van der Waals surface area (Å²) in [5.74, 6) is 0.873. The number of rotatable bonds is 3.